The summed E-state index contributed by atoms with van der Waals surface area (Å²) in [7, 11) is 0. The molecule has 134 valence electrons. The van der Waals surface area contributed by atoms with Crippen molar-refractivity contribution in [3.63, 3.8) is 0 Å². The summed E-state index contributed by atoms with van der Waals surface area (Å²) in [6.45, 7) is 12.7. The lowest BCUT2D eigenvalue weighted by Gasteiger charge is -2.37. The average Bonchev–Trinajstić information content (AvgIpc) is 2.64. The summed E-state index contributed by atoms with van der Waals surface area (Å²) in [6, 6.07) is 8.96. The predicted octanol–water partition coefficient (Wildman–Crippen LogP) is 3.63. The van der Waals surface area contributed by atoms with Gasteiger partial charge in [-0.05, 0) is 50.5 Å². The van der Waals surface area contributed by atoms with Gasteiger partial charge < -0.3 is 15.1 Å². The Hall–Kier alpha value is -2.30. The van der Waals surface area contributed by atoms with Gasteiger partial charge in [-0.3, -0.25) is 0 Å². The number of anilines is 3. The van der Waals surface area contributed by atoms with Crippen LogP contribution in [0.4, 0.5) is 17.5 Å². The summed E-state index contributed by atoms with van der Waals surface area (Å²) < 4.78 is 0. The monoisotopic (exact) mass is 339 g/mol. The lowest BCUT2D eigenvalue weighted by molar-refractivity contribution is 0.645. The number of hydrogen-bond donors (Lipinski definition) is 1. The number of nitrogens with zero attached hydrogens (tertiary/aromatic N) is 4. The molecular weight excluding hydrogens is 310 g/mol. The summed E-state index contributed by atoms with van der Waals surface area (Å²) in [5, 5.41) is 3.36. The number of aromatic nitrogens is 2. The van der Waals surface area contributed by atoms with Crippen molar-refractivity contribution < 1.29 is 0 Å². The zero-order valence-corrected chi connectivity index (χ0v) is 15.8. The van der Waals surface area contributed by atoms with Gasteiger partial charge in [0.25, 0.3) is 0 Å². The molecule has 0 radical (unpaired) electrons. The summed E-state index contributed by atoms with van der Waals surface area (Å²) in [5.41, 5.74) is 4.11. The van der Waals surface area contributed by atoms with Gasteiger partial charge in [0.1, 0.15) is 5.82 Å². The highest BCUT2D eigenvalue weighted by molar-refractivity contribution is 5.57. The molecule has 3 rings (SSSR count). The van der Waals surface area contributed by atoms with E-state index in [1.54, 1.807) is 0 Å². The SMILES string of the molecule is CCC(C)Nc1nccc(N2CCN(c3cccc(C)c3C)CC2)n1. The zero-order chi connectivity index (χ0) is 17.8. The molecule has 1 aliphatic heterocycles. The number of nitrogens with one attached hydrogen (secondary N) is 1. The Kier molecular flexibility index (Phi) is 5.41. The Morgan fingerprint density at radius 2 is 1.80 bits per heavy atom. The fraction of sp³-hybridized carbons (Fsp3) is 0.500. The van der Waals surface area contributed by atoms with Crippen LogP contribution >= 0.6 is 0 Å². The molecule has 1 N–H and O–H groups in total. The van der Waals surface area contributed by atoms with Crippen molar-refractivity contribution in [2.24, 2.45) is 0 Å². The maximum absolute atomic E-state index is 4.70. The van der Waals surface area contributed by atoms with Gasteiger partial charge in [-0.15, -0.1) is 0 Å². The molecule has 1 saturated heterocycles. The van der Waals surface area contributed by atoms with E-state index in [2.05, 4.69) is 66.0 Å². The van der Waals surface area contributed by atoms with Crippen molar-refractivity contribution in [1.82, 2.24) is 9.97 Å². The van der Waals surface area contributed by atoms with E-state index >= 15 is 0 Å². The highest BCUT2D eigenvalue weighted by atomic mass is 15.3. The van der Waals surface area contributed by atoms with Gasteiger partial charge in [-0.1, -0.05) is 19.1 Å². The van der Waals surface area contributed by atoms with E-state index in [0.717, 1.165) is 44.4 Å². The van der Waals surface area contributed by atoms with Crippen LogP contribution in [0.2, 0.25) is 0 Å². The molecule has 0 bridgehead atoms. The van der Waals surface area contributed by atoms with E-state index in [1.165, 1.54) is 16.8 Å². The fourth-order valence-electron chi connectivity index (χ4n) is 3.17. The molecule has 1 aromatic heterocycles. The number of hydrogen-bond acceptors (Lipinski definition) is 5. The van der Waals surface area contributed by atoms with Crippen molar-refractivity contribution in [1.29, 1.82) is 0 Å². The molecule has 5 heteroatoms. The quantitative estimate of drug-likeness (QED) is 0.901. The van der Waals surface area contributed by atoms with Gasteiger partial charge in [0.2, 0.25) is 5.95 Å². The van der Waals surface area contributed by atoms with Crippen LogP contribution in [0.1, 0.15) is 31.4 Å². The van der Waals surface area contributed by atoms with E-state index in [1.807, 2.05) is 12.3 Å². The lowest BCUT2D eigenvalue weighted by atomic mass is 10.1. The summed E-state index contributed by atoms with van der Waals surface area (Å²) in [4.78, 5) is 13.9. The van der Waals surface area contributed by atoms with Crippen LogP contribution in [0.3, 0.4) is 0 Å². The van der Waals surface area contributed by atoms with Crippen LogP contribution in [0.25, 0.3) is 0 Å². The van der Waals surface area contributed by atoms with Gasteiger partial charge in [0, 0.05) is 44.1 Å². The molecule has 2 aromatic rings. The van der Waals surface area contributed by atoms with Crippen molar-refractivity contribution in [3.05, 3.63) is 41.6 Å². The molecule has 0 spiro atoms. The minimum Gasteiger partial charge on any atom is -0.368 e. The number of rotatable bonds is 5. The topological polar surface area (TPSA) is 44.3 Å². The largest absolute Gasteiger partial charge is 0.368 e. The summed E-state index contributed by atoms with van der Waals surface area (Å²) in [6.07, 6.45) is 2.91. The van der Waals surface area contributed by atoms with Gasteiger partial charge in [-0.25, -0.2) is 4.98 Å². The van der Waals surface area contributed by atoms with Crippen LogP contribution in [-0.4, -0.2) is 42.2 Å². The molecule has 1 atom stereocenters. The van der Waals surface area contributed by atoms with E-state index in [4.69, 9.17) is 4.98 Å². The Balaban J connectivity index is 1.66. The van der Waals surface area contributed by atoms with Crippen molar-refractivity contribution in [2.75, 3.05) is 41.3 Å². The van der Waals surface area contributed by atoms with Crippen molar-refractivity contribution >= 4 is 17.5 Å². The zero-order valence-electron chi connectivity index (χ0n) is 15.8. The maximum Gasteiger partial charge on any atom is 0.224 e. The Bertz CT molecular complexity index is 707. The molecule has 1 unspecified atom stereocenters. The van der Waals surface area contributed by atoms with Crippen LogP contribution in [0.15, 0.2) is 30.5 Å². The first kappa shape index (κ1) is 17.5. The Labute approximate surface area is 151 Å². The third kappa shape index (κ3) is 4.03. The third-order valence-electron chi connectivity index (χ3n) is 5.15. The van der Waals surface area contributed by atoms with E-state index < -0.39 is 0 Å². The van der Waals surface area contributed by atoms with Crippen LogP contribution in [0, 0.1) is 13.8 Å². The Morgan fingerprint density at radius 3 is 2.52 bits per heavy atom. The minimum atomic E-state index is 0.386. The molecule has 0 saturated carbocycles. The van der Waals surface area contributed by atoms with Gasteiger partial charge in [-0.2, -0.15) is 4.98 Å². The molecule has 1 aliphatic rings. The molecule has 2 heterocycles. The second kappa shape index (κ2) is 7.72. The van der Waals surface area contributed by atoms with Crippen molar-refractivity contribution in [3.8, 4) is 0 Å². The number of aryl methyl sites for hydroxylation is 1. The molecular formula is C20H29N5. The number of benzene rings is 1. The average molecular weight is 339 g/mol. The van der Waals surface area contributed by atoms with E-state index in [9.17, 15) is 0 Å². The molecule has 0 aliphatic carbocycles. The van der Waals surface area contributed by atoms with Crippen molar-refractivity contribution in [2.45, 2.75) is 40.2 Å². The van der Waals surface area contributed by atoms with E-state index in [-0.39, 0.29) is 0 Å². The summed E-state index contributed by atoms with van der Waals surface area (Å²) in [5.74, 6) is 1.74. The Morgan fingerprint density at radius 1 is 1.08 bits per heavy atom. The standard InChI is InChI=1S/C20H29N5/c1-5-16(3)22-20-21-10-9-19(23-20)25-13-11-24(12-14-25)18-8-6-7-15(2)17(18)4/h6-10,16H,5,11-14H2,1-4H3,(H,21,22,23). The van der Waals surface area contributed by atoms with Crippen LogP contribution in [-0.2, 0) is 0 Å². The maximum atomic E-state index is 4.70. The highest BCUT2D eigenvalue weighted by Gasteiger charge is 2.20. The molecule has 1 aromatic carbocycles. The lowest BCUT2D eigenvalue weighted by Crippen LogP contribution is -2.47. The van der Waals surface area contributed by atoms with Gasteiger partial charge in [0.15, 0.2) is 0 Å². The normalized spacial score (nSPS) is 16.0. The first-order chi connectivity index (χ1) is 12.1. The second-order valence-electron chi connectivity index (χ2n) is 6.89. The summed E-state index contributed by atoms with van der Waals surface area (Å²) >= 11 is 0. The first-order valence-corrected chi connectivity index (χ1v) is 9.24. The van der Waals surface area contributed by atoms with Gasteiger partial charge in [0.05, 0.1) is 0 Å². The predicted molar refractivity (Wildman–Crippen MR) is 106 cm³/mol. The molecule has 25 heavy (non-hydrogen) atoms. The smallest absolute Gasteiger partial charge is 0.224 e. The molecule has 5 nitrogen and oxygen atoms in total. The minimum absolute atomic E-state index is 0.386. The van der Waals surface area contributed by atoms with Crippen LogP contribution in [0.5, 0.6) is 0 Å². The molecule has 0 amide bonds. The second-order valence-corrected chi connectivity index (χ2v) is 6.89. The highest BCUT2D eigenvalue weighted by Crippen LogP contribution is 2.25. The fourth-order valence-corrected chi connectivity index (χ4v) is 3.17. The van der Waals surface area contributed by atoms with E-state index in [0.29, 0.717) is 6.04 Å². The van der Waals surface area contributed by atoms with Gasteiger partial charge >= 0.3 is 0 Å². The molecule has 1 fully saturated rings. The van der Waals surface area contributed by atoms with Crippen LogP contribution < -0.4 is 15.1 Å². The number of piperazine rings is 1. The first-order valence-electron chi connectivity index (χ1n) is 9.24. The third-order valence-corrected chi connectivity index (χ3v) is 5.15.